The number of amides is 1. The normalized spacial score (nSPS) is 10.6. The van der Waals surface area contributed by atoms with Crippen molar-refractivity contribution in [2.24, 2.45) is 0 Å². The van der Waals surface area contributed by atoms with Crippen LogP contribution in [0.1, 0.15) is 21.8 Å². The van der Waals surface area contributed by atoms with E-state index in [2.05, 4.69) is 10.1 Å². The maximum absolute atomic E-state index is 12.5. The van der Waals surface area contributed by atoms with Crippen LogP contribution >= 0.6 is 11.6 Å². The molecular weight excluding hydrogens is 372 g/mol. The predicted octanol–water partition coefficient (Wildman–Crippen LogP) is 3.88. The van der Waals surface area contributed by atoms with Gasteiger partial charge in [-0.1, -0.05) is 16.8 Å². The van der Waals surface area contributed by atoms with Crippen LogP contribution in [0.25, 0.3) is 11.4 Å². The Morgan fingerprint density at radius 3 is 2.59 bits per heavy atom. The van der Waals surface area contributed by atoms with E-state index in [-0.39, 0.29) is 24.0 Å². The first kappa shape index (κ1) is 18.5. The summed E-state index contributed by atoms with van der Waals surface area (Å²) >= 11 is 5.86. The van der Waals surface area contributed by atoms with Gasteiger partial charge in [0, 0.05) is 34.8 Å². The Kier molecular flexibility index (Phi) is 5.18. The highest BCUT2D eigenvalue weighted by atomic mass is 35.5. The van der Waals surface area contributed by atoms with Crippen molar-refractivity contribution in [1.82, 2.24) is 15.0 Å². The van der Waals surface area contributed by atoms with Gasteiger partial charge in [-0.2, -0.15) is 4.98 Å². The minimum absolute atomic E-state index is 0.0290. The number of carbonyl (C=O) groups is 1. The summed E-state index contributed by atoms with van der Waals surface area (Å²) in [5.74, 6) is 0.363. The lowest BCUT2D eigenvalue weighted by Crippen LogP contribution is -2.26. The Morgan fingerprint density at radius 2 is 1.96 bits per heavy atom. The van der Waals surface area contributed by atoms with Crippen LogP contribution in [-0.4, -0.2) is 32.9 Å². The Bertz CT molecular complexity index is 1000. The average molecular weight is 387 g/mol. The third kappa shape index (κ3) is 4.12. The van der Waals surface area contributed by atoms with Crippen molar-refractivity contribution >= 4 is 23.2 Å². The molecule has 0 aliphatic heterocycles. The summed E-state index contributed by atoms with van der Waals surface area (Å²) in [4.78, 5) is 28.6. The summed E-state index contributed by atoms with van der Waals surface area (Å²) in [6.07, 6.45) is 0. The first-order chi connectivity index (χ1) is 12.8. The summed E-state index contributed by atoms with van der Waals surface area (Å²) in [5.41, 5.74) is 1.48. The lowest BCUT2D eigenvalue weighted by molar-refractivity contribution is -0.385. The largest absolute Gasteiger partial charge is 0.337 e. The van der Waals surface area contributed by atoms with Crippen LogP contribution in [0.15, 0.2) is 47.0 Å². The van der Waals surface area contributed by atoms with Crippen molar-refractivity contribution in [3.05, 3.63) is 74.6 Å². The van der Waals surface area contributed by atoms with E-state index in [1.807, 2.05) is 0 Å². The lowest BCUT2D eigenvalue weighted by Gasteiger charge is -2.15. The van der Waals surface area contributed by atoms with E-state index in [1.165, 1.54) is 23.1 Å². The van der Waals surface area contributed by atoms with Gasteiger partial charge in [0.05, 0.1) is 11.5 Å². The molecule has 0 fully saturated rings. The second kappa shape index (κ2) is 7.55. The molecule has 0 saturated heterocycles. The number of nitro groups is 1. The fourth-order valence-electron chi connectivity index (χ4n) is 2.52. The summed E-state index contributed by atoms with van der Waals surface area (Å²) in [6.45, 7) is 1.70. The fourth-order valence-corrected chi connectivity index (χ4v) is 2.65. The minimum Gasteiger partial charge on any atom is -0.337 e. The molecule has 3 rings (SSSR count). The first-order valence-corrected chi connectivity index (χ1v) is 8.32. The molecule has 0 aliphatic rings. The van der Waals surface area contributed by atoms with Gasteiger partial charge >= 0.3 is 0 Å². The molecule has 0 aliphatic carbocycles. The molecule has 27 heavy (non-hydrogen) atoms. The van der Waals surface area contributed by atoms with Crippen LogP contribution < -0.4 is 0 Å². The number of benzene rings is 2. The van der Waals surface area contributed by atoms with Crippen LogP contribution in [0, 0.1) is 17.0 Å². The molecular formula is C18H15ClN4O4. The standard InChI is InChI=1S/C18H15ClN4O4/c1-11-9-13(5-8-15(11)23(25)26)18(24)22(2)10-16-20-17(21-27-16)12-3-6-14(19)7-4-12/h3-9H,10H2,1-2H3. The van der Waals surface area contributed by atoms with E-state index >= 15 is 0 Å². The van der Waals surface area contributed by atoms with Gasteiger partial charge in [0.2, 0.25) is 11.7 Å². The topological polar surface area (TPSA) is 102 Å². The maximum atomic E-state index is 12.5. The number of hydrogen-bond acceptors (Lipinski definition) is 6. The molecule has 9 heteroatoms. The number of rotatable bonds is 5. The second-order valence-corrected chi connectivity index (χ2v) is 6.37. The molecule has 0 spiro atoms. The number of hydrogen-bond donors (Lipinski definition) is 0. The highest BCUT2D eigenvalue weighted by Crippen LogP contribution is 2.21. The number of nitrogens with zero attached hydrogens (tertiary/aromatic N) is 4. The molecule has 1 heterocycles. The Balaban J connectivity index is 1.72. The van der Waals surface area contributed by atoms with Crippen molar-refractivity contribution in [3.63, 3.8) is 0 Å². The molecule has 1 aromatic heterocycles. The van der Waals surface area contributed by atoms with Crippen molar-refractivity contribution in [2.45, 2.75) is 13.5 Å². The highest BCUT2D eigenvalue weighted by Gasteiger charge is 2.19. The maximum Gasteiger partial charge on any atom is 0.272 e. The third-order valence-electron chi connectivity index (χ3n) is 3.93. The molecule has 138 valence electrons. The average Bonchev–Trinajstić information content (AvgIpc) is 3.09. The lowest BCUT2D eigenvalue weighted by atomic mass is 10.1. The van der Waals surface area contributed by atoms with Crippen molar-refractivity contribution in [2.75, 3.05) is 7.05 Å². The molecule has 0 unspecified atom stereocenters. The number of carbonyl (C=O) groups excluding carboxylic acids is 1. The van der Waals surface area contributed by atoms with Gasteiger partial charge in [0.15, 0.2) is 0 Å². The Labute approximate surface area is 159 Å². The van der Waals surface area contributed by atoms with Crippen LogP contribution in [0.4, 0.5) is 5.69 Å². The number of nitro benzene ring substituents is 1. The predicted molar refractivity (Wildman–Crippen MR) is 98.4 cm³/mol. The van der Waals surface area contributed by atoms with Crippen LogP contribution in [0.5, 0.6) is 0 Å². The summed E-state index contributed by atoms with van der Waals surface area (Å²) in [6, 6.07) is 11.2. The molecule has 0 N–H and O–H groups in total. The van der Waals surface area contributed by atoms with Crippen LogP contribution in [-0.2, 0) is 6.54 Å². The smallest absolute Gasteiger partial charge is 0.272 e. The van der Waals surface area contributed by atoms with E-state index in [9.17, 15) is 14.9 Å². The van der Waals surface area contributed by atoms with Crippen LogP contribution in [0.3, 0.4) is 0 Å². The summed E-state index contributed by atoms with van der Waals surface area (Å²) < 4.78 is 5.20. The molecule has 0 saturated carbocycles. The van der Waals surface area contributed by atoms with Gasteiger partial charge in [0.1, 0.15) is 0 Å². The van der Waals surface area contributed by atoms with Crippen molar-refractivity contribution < 1.29 is 14.2 Å². The number of aryl methyl sites for hydroxylation is 1. The third-order valence-corrected chi connectivity index (χ3v) is 4.18. The molecule has 0 bridgehead atoms. The van der Waals surface area contributed by atoms with Crippen molar-refractivity contribution in [1.29, 1.82) is 0 Å². The van der Waals surface area contributed by atoms with E-state index in [0.29, 0.717) is 22.0 Å². The van der Waals surface area contributed by atoms with Gasteiger partial charge in [-0.15, -0.1) is 0 Å². The van der Waals surface area contributed by atoms with E-state index in [0.717, 1.165) is 5.56 Å². The Morgan fingerprint density at radius 1 is 1.26 bits per heavy atom. The second-order valence-electron chi connectivity index (χ2n) is 5.94. The molecule has 2 aromatic carbocycles. The quantitative estimate of drug-likeness (QED) is 0.487. The Hall–Kier alpha value is -3.26. The van der Waals surface area contributed by atoms with Gasteiger partial charge in [-0.25, -0.2) is 0 Å². The van der Waals surface area contributed by atoms with Gasteiger partial charge in [-0.05, 0) is 43.3 Å². The number of aromatic nitrogens is 2. The van der Waals surface area contributed by atoms with E-state index in [1.54, 1.807) is 38.2 Å². The van der Waals surface area contributed by atoms with Gasteiger partial charge in [-0.3, -0.25) is 14.9 Å². The van der Waals surface area contributed by atoms with E-state index in [4.69, 9.17) is 16.1 Å². The zero-order valence-corrected chi connectivity index (χ0v) is 15.3. The summed E-state index contributed by atoms with van der Waals surface area (Å²) in [5, 5.41) is 15.4. The first-order valence-electron chi connectivity index (χ1n) is 7.94. The van der Waals surface area contributed by atoms with Gasteiger partial charge < -0.3 is 9.42 Å². The molecule has 8 nitrogen and oxygen atoms in total. The number of halogens is 1. The molecule has 1 amide bonds. The fraction of sp³-hybridized carbons (Fsp3) is 0.167. The monoisotopic (exact) mass is 386 g/mol. The zero-order chi connectivity index (χ0) is 19.6. The minimum atomic E-state index is -0.482. The van der Waals surface area contributed by atoms with Crippen LogP contribution in [0.2, 0.25) is 5.02 Å². The molecule has 0 atom stereocenters. The zero-order valence-electron chi connectivity index (χ0n) is 14.5. The van der Waals surface area contributed by atoms with Gasteiger partial charge in [0.25, 0.3) is 11.6 Å². The van der Waals surface area contributed by atoms with Crippen molar-refractivity contribution in [3.8, 4) is 11.4 Å². The SMILES string of the molecule is Cc1cc(C(=O)N(C)Cc2nc(-c3ccc(Cl)cc3)no2)ccc1[N+](=O)[O-]. The highest BCUT2D eigenvalue weighted by molar-refractivity contribution is 6.30. The molecule has 3 aromatic rings. The summed E-state index contributed by atoms with van der Waals surface area (Å²) in [7, 11) is 1.59. The van der Waals surface area contributed by atoms with E-state index < -0.39 is 4.92 Å². The molecule has 0 radical (unpaired) electrons.